The molecular formula is C20H21N3O. The summed E-state index contributed by atoms with van der Waals surface area (Å²) in [6.07, 6.45) is 3.97. The van der Waals surface area contributed by atoms with Crippen molar-refractivity contribution in [2.24, 2.45) is 0 Å². The van der Waals surface area contributed by atoms with E-state index in [0.717, 1.165) is 16.8 Å². The number of rotatable bonds is 5. The zero-order valence-corrected chi connectivity index (χ0v) is 14.0. The van der Waals surface area contributed by atoms with Gasteiger partial charge in [0.05, 0.1) is 18.3 Å². The van der Waals surface area contributed by atoms with E-state index in [1.165, 1.54) is 11.1 Å². The quantitative estimate of drug-likeness (QED) is 0.784. The molecule has 0 aliphatic heterocycles. The maximum atomic E-state index is 12.2. The van der Waals surface area contributed by atoms with Crippen LogP contribution in [0.25, 0.3) is 5.69 Å². The lowest BCUT2D eigenvalue weighted by molar-refractivity contribution is -0.120. The van der Waals surface area contributed by atoms with E-state index in [1.807, 2.05) is 36.5 Å². The van der Waals surface area contributed by atoms with Crippen molar-refractivity contribution < 1.29 is 4.79 Å². The Hall–Kier alpha value is -2.88. The molecule has 4 heteroatoms. The van der Waals surface area contributed by atoms with Gasteiger partial charge in [-0.05, 0) is 42.7 Å². The van der Waals surface area contributed by atoms with Crippen LogP contribution in [0.3, 0.4) is 0 Å². The van der Waals surface area contributed by atoms with Gasteiger partial charge in [-0.3, -0.25) is 4.79 Å². The van der Waals surface area contributed by atoms with Crippen molar-refractivity contribution in [1.29, 1.82) is 0 Å². The number of carbonyl (C=O) groups excluding carboxylic acids is 1. The number of hydrogen-bond donors (Lipinski definition) is 1. The fourth-order valence-corrected chi connectivity index (χ4v) is 2.66. The molecule has 1 aromatic heterocycles. The molecule has 0 spiro atoms. The highest BCUT2D eigenvalue weighted by Crippen LogP contribution is 2.11. The molecule has 122 valence electrons. The minimum atomic E-state index is 0.00240. The molecule has 0 aliphatic rings. The molecular weight excluding hydrogens is 298 g/mol. The third-order valence-corrected chi connectivity index (χ3v) is 4.00. The number of aryl methyl sites for hydroxylation is 2. The van der Waals surface area contributed by atoms with Crippen molar-refractivity contribution in [2.75, 3.05) is 0 Å². The molecule has 2 aromatic carbocycles. The predicted octanol–water partition coefficient (Wildman–Crippen LogP) is 3.35. The second-order valence-corrected chi connectivity index (χ2v) is 6.01. The van der Waals surface area contributed by atoms with Gasteiger partial charge in [-0.25, -0.2) is 4.68 Å². The van der Waals surface area contributed by atoms with Gasteiger partial charge < -0.3 is 5.32 Å². The number of carbonyl (C=O) groups is 1. The topological polar surface area (TPSA) is 46.9 Å². The third kappa shape index (κ3) is 3.90. The summed E-state index contributed by atoms with van der Waals surface area (Å²) in [6, 6.07) is 16.1. The fraction of sp³-hybridized carbons (Fsp3) is 0.200. The van der Waals surface area contributed by atoms with Gasteiger partial charge in [0, 0.05) is 12.7 Å². The lowest BCUT2D eigenvalue weighted by atomic mass is 10.1. The Morgan fingerprint density at radius 1 is 1.12 bits per heavy atom. The first kappa shape index (κ1) is 16.0. The highest BCUT2D eigenvalue weighted by atomic mass is 16.1. The van der Waals surface area contributed by atoms with E-state index in [-0.39, 0.29) is 5.91 Å². The smallest absolute Gasteiger partial charge is 0.224 e. The largest absolute Gasteiger partial charge is 0.352 e. The Morgan fingerprint density at radius 3 is 2.67 bits per heavy atom. The van der Waals surface area contributed by atoms with Crippen molar-refractivity contribution in [3.05, 3.63) is 83.2 Å². The molecule has 0 atom stereocenters. The van der Waals surface area contributed by atoms with E-state index in [2.05, 4.69) is 42.5 Å². The lowest BCUT2D eigenvalue weighted by Gasteiger charge is -2.08. The van der Waals surface area contributed by atoms with Crippen molar-refractivity contribution in [2.45, 2.75) is 26.8 Å². The van der Waals surface area contributed by atoms with Crippen molar-refractivity contribution >= 4 is 5.91 Å². The molecule has 1 amide bonds. The molecule has 0 fully saturated rings. The van der Waals surface area contributed by atoms with Crippen LogP contribution < -0.4 is 5.32 Å². The number of nitrogens with one attached hydrogen (secondary N) is 1. The van der Waals surface area contributed by atoms with E-state index in [4.69, 9.17) is 0 Å². The summed E-state index contributed by atoms with van der Waals surface area (Å²) in [5.74, 6) is 0.00240. The minimum Gasteiger partial charge on any atom is -0.352 e. The average molecular weight is 319 g/mol. The molecule has 0 bridgehead atoms. The molecule has 0 aliphatic carbocycles. The van der Waals surface area contributed by atoms with Gasteiger partial charge in [0.15, 0.2) is 0 Å². The number of benzene rings is 2. The van der Waals surface area contributed by atoms with E-state index in [1.54, 1.807) is 10.9 Å². The SMILES string of the molecule is Cc1ccc(CNC(=O)Cc2cnn(-c3ccccc3)c2)c(C)c1. The van der Waals surface area contributed by atoms with Crippen LogP contribution in [-0.2, 0) is 17.8 Å². The van der Waals surface area contributed by atoms with E-state index >= 15 is 0 Å². The van der Waals surface area contributed by atoms with Crippen molar-refractivity contribution in [1.82, 2.24) is 15.1 Å². The molecule has 1 heterocycles. The molecule has 0 radical (unpaired) electrons. The van der Waals surface area contributed by atoms with E-state index in [0.29, 0.717) is 13.0 Å². The number of amides is 1. The maximum Gasteiger partial charge on any atom is 0.224 e. The summed E-state index contributed by atoms with van der Waals surface area (Å²) >= 11 is 0. The molecule has 0 saturated heterocycles. The molecule has 1 N–H and O–H groups in total. The van der Waals surface area contributed by atoms with Gasteiger partial charge in [-0.1, -0.05) is 42.0 Å². The summed E-state index contributed by atoms with van der Waals surface area (Å²) in [5, 5.41) is 7.30. The van der Waals surface area contributed by atoms with E-state index < -0.39 is 0 Å². The Bertz CT molecular complexity index is 837. The van der Waals surface area contributed by atoms with Gasteiger partial charge in [-0.15, -0.1) is 0 Å². The number of nitrogens with zero attached hydrogens (tertiary/aromatic N) is 2. The van der Waals surface area contributed by atoms with Crippen molar-refractivity contribution in [3.63, 3.8) is 0 Å². The van der Waals surface area contributed by atoms with E-state index in [9.17, 15) is 4.79 Å². The minimum absolute atomic E-state index is 0.00240. The van der Waals surface area contributed by atoms with Crippen LogP contribution in [0.4, 0.5) is 0 Å². The zero-order valence-electron chi connectivity index (χ0n) is 14.0. The Balaban J connectivity index is 1.58. The third-order valence-electron chi connectivity index (χ3n) is 4.00. The van der Waals surface area contributed by atoms with Crippen LogP contribution in [0.2, 0.25) is 0 Å². The van der Waals surface area contributed by atoms with Gasteiger partial charge in [0.25, 0.3) is 0 Å². The molecule has 0 unspecified atom stereocenters. The predicted molar refractivity (Wildman–Crippen MR) is 95.0 cm³/mol. The Labute approximate surface area is 142 Å². The summed E-state index contributed by atoms with van der Waals surface area (Å²) in [6.45, 7) is 4.69. The van der Waals surface area contributed by atoms with Crippen LogP contribution >= 0.6 is 0 Å². The molecule has 4 nitrogen and oxygen atoms in total. The lowest BCUT2D eigenvalue weighted by Crippen LogP contribution is -2.24. The number of aromatic nitrogens is 2. The number of hydrogen-bond acceptors (Lipinski definition) is 2. The van der Waals surface area contributed by atoms with Crippen LogP contribution in [0.15, 0.2) is 60.9 Å². The average Bonchev–Trinajstić information content (AvgIpc) is 3.03. The summed E-state index contributed by atoms with van der Waals surface area (Å²) in [4.78, 5) is 12.2. The van der Waals surface area contributed by atoms with Crippen LogP contribution in [0, 0.1) is 13.8 Å². The normalized spacial score (nSPS) is 10.6. The molecule has 3 rings (SSSR count). The van der Waals surface area contributed by atoms with Crippen molar-refractivity contribution in [3.8, 4) is 5.69 Å². The highest BCUT2D eigenvalue weighted by Gasteiger charge is 2.07. The molecule has 3 aromatic rings. The van der Waals surface area contributed by atoms with Gasteiger partial charge in [-0.2, -0.15) is 5.10 Å². The standard InChI is InChI=1S/C20H21N3O/c1-15-8-9-18(16(2)10-15)13-21-20(24)11-17-12-22-23(14-17)19-6-4-3-5-7-19/h3-10,12,14H,11,13H2,1-2H3,(H,21,24). The Kier molecular flexibility index (Phi) is 4.75. The van der Waals surface area contributed by atoms with Gasteiger partial charge in [0.2, 0.25) is 5.91 Å². The highest BCUT2D eigenvalue weighted by molar-refractivity contribution is 5.78. The molecule has 24 heavy (non-hydrogen) atoms. The molecule has 0 saturated carbocycles. The zero-order chi connectivity index (χ0) is 16.9. The van der Waals surface area contributed by atoms with Crippen LogP contribution in [0.5, 0.6) is 0 Å². The van der Waals surface area contributed by atoms with Gasteiger partial charge in [0.1, 0.15) is 0 Å². The Morgan fingerprint density at radius 2 is 1.92 bits per heavy atom. The van der Waals surface area contributed by atoms with Crippen LogP contribution in [-0.4, -0.2) is 15.7 Å². The first-order chi connectivity index (χ1) is 11.6. The van der Waals surface area contributed by atoms with Gasteiger partial charge >= 0.3 is 0 Å². The van der Waals surface area contributed by atoms with Crippen LogP contribution in [0.1, 0.15) is 22.3 Å². The first-order valence-corrected chi connectivity index (χ1v) is 8.03. The second-order valence-electron chi connectivity index (χ2n) is 6.01. The summed E-state index contributed by atoms with van der Waals surface area (Å²) in [5.41, 5.74) is 5.47. The maximum absolute atomic E-state index is 12.2. The summed E-state index contributed by atoms with van der Waals surface area (Å²) < 4.78 is 1.78. The first-order valence-electron chi connectivity index (χ1n) is 8.03. The summed E-state index contributed by atoms with van der Waals surface area (Å²) in [7, 11) is 0. The second kappa shape index (κ2) is 7.13. The number of para-hydroxylation sites is 1. The fourth-order valence-electron chi connectivity index (χ4n) is 2.66. The monoisotopic (exact) mass is 319 g/mol.